The molecule has 0 saturated carbocycles. The van der Waals surface area contributed by atoms with Gasteiger partial charge in [0.15, 0.2) is 0 Å². The lowest BCUT2D eigenvalue weighted by atomic mass is 10.2. The van der Waals surface area contributed by atoms with Crippen LogP contribution in [0.2, 0.25) is 0 Å². The van der Waals surface area contributed by atoms with Crippen molar-refractivity contribution in [2.75, 3.05) is 6.54 Å². The number of aromatic nitrogens is 3. The maximum atomic E-state index is 11.3. The lowest BCUT2D eigenvalue weighted by molar-refractivity contribution is 0.0528. The Morgan fingerprint density at radius 3 is 2.75 bits per heavy atom. The van der Waals surface area contributed by atoms with Crippen molar-refractivity contribution in [1.29, 1.82) is 0 Å². The maximum absolute atomic E-state index is 11.3. The van der Waals surface area contributed by atoms with Crippen LogP contribution < -0.4 is 5.32 Å². The van der Waals surface area contributed by atoms with Gasteiger partial charge in [-0.25, -0.2) is 4.79 Å². The molecular formula is C10H18N4O2. The van der Waals surface area contributed by atoms with Gasteiger partial charge >= 0.3 is 6.09 Å². The van der Waals surface area contributed by atoms with Gasteiger partial charge in [-0.15, -0.1) is 10.2 Å². The molecule has 1 aromatic heterocycles. The summed E-state index contributed by atoms with van der Waals surface area (Å²) < 4.78 is 6.91. The number of hydrogen-bond acceptors (Lipinski definition) is 4. The largest absolute Gasteiger partial charge is 0.444 e. The topological polar surface area (TPSA) is 69.0 Å². The summed E-state index contributed by atoms with van der Waals surface area (Å²) in [6, 6.07) is 0. The van der Waals surface area contributed by atoms with Crippen LogP contribution in [0, 0.1) is 0 Å². The minimum atomic E-state index is -0.463. The van der Waals surface area contributed by atoms with E-state index in [0.717, 1.165) is 5.82 Å². The van der Waals surface area contributed by atoms with E-state index in [1.807, 2.05) is 32.4 Å². The molecule has 0 bridgehead atoms. The molecule has 1 amide bonds. The first-order chi connectivity index (χ1) is 7.38. The molecule has 0 aliphatic rings. The van der Waals surface area contributed by atoms with Crippen molar-refractivity contribution < 1.29 is 9.53 Å². The number of amides is 1. The fourth-order valence-corrected chi connectivity index (χ4v) is 1.12. The number of carbonyl (C=O) groups is 1. The summed E-state index contributed by atoms with van der Waals surface area (Å²) in [5.41, 5.74) is -0.463. The number of nitrogens with one attached hydrogen (secondary N) is 1. The van der Waals surface area contributed by atoms with Gasteiger partial charge in [0.05, 0.1) is 0 Å². The molecule has 0 aliphatic heterocycles. The Morgan fingerprint density at radius 2 is 2.25 bits per heavy atom. The van der Waals surface area contributed by atoms with Crippen LogP contribution in [0.1, 0.15) is 26.6 Å². The molecular weight excluding hydrogens is 208 g/mol. The number of carbonyl (C=O) groups excluding carboxylic acids is 1. The normalized spacial score (nSPS) is 11.2. The van der Waals surface area contributed by atoms with Crippen molar-refractivity contribution in [3.05, 3.63) is 12.2 Å². The van der Waals surface area contributed by atoms with Crippen molar-refractivity contribution in [3.8, 4) is 0 Å². The average Bonchev–Trinajstić information content (AvgIpc) is 2.48. The smallest absolute Gasteiger partial charge is 0.407 e. The third kappa shape index (κ3) is 4.29. The van der Waals surface area contributed by atoms with Crippen LogP contribution in [-0.4, -0.2) is 33.0 Å². The predicted molar refractivity (Wildman–Crippen MR) is 58.9 cm³/mol. The van der Waals surface area contributed by atoms with Crippen LogP contribution in [0.4, 0.5) is 4.79 Å². The van der Waals surface area contributed by atoms with E-state index in [1.54, 1.807) is 6.33 Å². The molecule has 0 radical (unpaired) electrons. The molecule has 90 valence electrons. The molecule has 6 nitrogen and oxygen atoms in total. The van der Waals surface area contributed by atoms with Crippen molar-refractivity contribution in [2.24, 2.45) is 7.05 Å². The minimum Gasteiger partial charge on any atom is -0.444 e. The van der Waals surface area contributed by atoms with Crippen LogP contribution in [0.3, 0.4) is 0 Å². The molecule has 1 heterocycles. The van der Waals surface area contributed by atoms with Crippen molar-refractivity contribution >= 4 is 6.09 Å². The zero-order valence-corrected chi connectivity index (χ0v) is 10.1. The summed E-state index contributed by atoms with van der Waals surface area (Å²) >= 11 is 0. The van der Waals surface area contributed by atoms with E-state index < -0.39 is 11.7 Å². The molecule has 0 fully saturated rings. The van der Waals surface area contributed by atoms with Crippen LogP contribution in [-0.2, 0) is 18.2 Å². The highest BCUT2D eigenvalue weighted by Gasteiger charge is 2.15. The molecule has 0 atom stereocenters. The van der Waals surface area contributed by atoms with E-state index in [0.29, 0.717) is 13.0 Å². The third-order valence-electron chi connectivity index (χ3n) is 1.82. The summed E-state index contributed by atoms with van der Waals surface area (Å²) in [6.45, 7) is 5.97. The molecule has 0 aromatic carbocycles. The summed E-state index contributed by atoms with van der Waals surface area (Å²) in [4.78, 5) is 11.3. The zero-order chi connectivity index (χ0) is 12.2. The standard InChI is InChI=1S/C10H18N4O2/c1-10(2,3)16-9(15)11-6-5-8-13-12-7-14(8)4/h7H,5-6H2,1-4H3,(H,11,15). The second-order valence-corrected chi connectivity index (χ2v) is 4.54. The van der Waals surface area contributed by atoms with Crippen molar-refractivity contribution in [3.63, 3.8) is 0 Å². The van der Waals surface area contributed by atoms with Crippen molar-refractivity contribution in [2.45, 2.75) is 32.8 Å². The Balaban J connectivity index is 2.26. The maximum Gasteiger partial charge on any atom is 0.407 e. The number of nitrogens with zero attached hydrogens (tertiary/aromatic N) is 3. The second kappa shape index (κ2) is 4.96. The van der Waals surface area contributed by atoms with E-state index in [9.17, 15) is 4.79 Å². The lowest BCUT2D eigenvalue weighted by Crippen LogP contribution is -2.33. The van der Waals surface area contributed by atoms with E-state index in [1.165, 1.54) is 0 Å². The summed E-state index contributed by atoms with van der Waals surface area (Å²) in [6.07, 6.45) is 1.85. The van der Waals surface area contributed by atoms with E-state index in [-0.39, 0.29) is 0 Å². The molecule has 16 heavy (non-hydrogen) atoms. The molecule has 6 heteroatoms. The van der Waals surface area contributed by atoms with E-state index in [4.69, 9.17) is 4.74 Å². The molecule has 1 rings (SSSR count). The molecule has 0 aliphatic carbocycles. The van der Waals surface area contributed by atoms with E-state index >= 15 is 0 Å². The van der Waals surface area contributed by atoms with E-state index in [2.05, 4.69) is 15.5 Å². The number of ether oxygens (including phenoxy) is 1. The Kier molecular flexibility index (Phi) is 3.87. The Bertz CT molecular complexity index is 354. The van der Waals surface area contributed by atoms with Gasteiger partial charge in [0, 0.05) is 20.0 Å². The highest BCUT2D eigenvalue weighted by Crippen LogP contribution is 2.06. The first kappa shape index (κ1) is 12.5. The second-order valence-electron chi connectivity index (χ2n) is 4.54. The predicted octanol–water partition coefficient (Wildman–Crippen LogP) is 0.882. The Morgan fingerprint density at radius 1 is 1.56 bits per heavy atom. The Labute approximate surface area is 95.0 Å². The highest BCUT2D eigenvalue weighted by atomic mass is 16.6. The fourth-order valence-electron chi connectivity index (χ4n) is 1.12. The molecule has 1 N–H and O–H groups in total. The first-order valence-corrected chi connectivity index (χ1v) is 5.18. The fraction of sp³-hybridized carbons (Fsp3) is 0.700. The summed E-state index contributed by atoms with van der Waals surface area (Å²) in [5, 5.41) is 10.3. The highest BCUT2D eigenvalue weighted by molar-refractivity contribution is 5.67. The van der Waals surface area contributed by atoms with Gasteiger partial charge in [0.1, 0.15) is 17.8 Å². The number of aryl methyl sites for hydroxylation is 1. The lowest BCUT2D eigenvalue weighted by Gasteiger charge is -2.19. The Hall–Kier alpha value is -1.59. The van der Waals surface area contributed by atoms with Gasteiger partial charge in [-0.1, -0.05) is 0 Å². The number of rotatable bonds is 3. The molecule has 0 spiro atoms. The minimum absolute atomic E-state index is 0.408. The van der Waals surface area contributed by atoms with Crippen molar-refractivity contribution in [1.82, 2.24) is 20.1 Å². The SMILES string of the molecule is Cn1cnnc1CCNC(=O)OC(C)(C)C. The van der Waals surface area contributed by atoms with Crippen LogP contribution in [0.25, 0.3) is 0 Å². The van der Waals surface area contributed by atoms with Crippen LogP contribution in [0.5, 0.6) is 0 Å². The number of hydrogen-bond donors (Lipinski definition) is 1. The van der Waals surface area contributed by atoms with Gasteiger partial charge in [-0.3, -0.25) is 0 Å². The number of alkyl carbamates (subject to hydrolysis) is 1. The van der Waals surface area contributed by atoms with Gasteiger partial charge in [0.2, 0.25) is 0 Å². The van der Waals surface area contributed by atoms with Gasteiger partial charge < -0.3 is 14.6 Å². The van der Waals surface area contributed by atoms with Crippen LogP contribution >= 0.6 is 0 Å². The third-order valence-corrected chi connectivity index (χ3v) is 1.82. The summed E-state index contributed by atoms with van der Waals surface area (Å²) in [5.74, 6) is 0.830. The van der Waals surface area contributed by atoms with Gasteiger partial charge in [0.25, 0.3) is 0 Å². The van der Waals surface area contributed by atoms with Gasteiger partial charge in [-0.05, 0) is 20.8 Å². The monoisotopic (exact) mass is 226 g/mol. The zero-order valence-electron chi connectivity index (χ0n) is 10.1. The summed E-state index contributed by atoms with van der Waals surface area (Å²) in [7, 11) is 1.86. The first-order valence-electron chi connectivity index (χ1n) is 5.18. The van der Waals surface area contributed by atoms with Crippen LogP contribution in [0.15, 0.2) is 6.33 Å². The molecule has 1 aromatic rings. The average molecular weight is 226 g/mol. The van der Waals surface area contributed by atoms with Gasteiger partial charge in [-0.2, -0.15) is 0 Å². The molecule has 0 unspecified atom stereocenters. The quantitative estimate of drug-likeness (QED) is 0.830. The molecule has 0 saturated heterocycles.